The fraction of sp³-hybridized carbons (Fsp3) is 0.353. The van der Waals surface area contributed by atoms with Crippen molar-refractivity contribution in [1.82, 2.24) is 4.98 Å². The lowest BCUT2D eigenvalue weighted by Crippen LogP contribution is -2.32. The molecule has 0 unspecified atom stereocenters. The van der Waals surface area contributed by atoms with Crippen molar-refractivity contribution < 1.29 is 9.18 Å². The van der Waals surface area contributed by atoms with Crippen LogP contribution < -0.4 is 11.1 Å². The number of hydrogen-bond acceptors (Lipinski definition) is 6. The van der Waals surface area contributed by atoms with E-state index in [0.717, 1.165) is 10.8 Å². The van der Waals surface area contributed by atoms with Crippen LogP contribution in [0.2, 0.25) is 0 Å². The second-order valence-corrected chi connectivity index (χ2v) is 8.01. The Labute approximate surface area is 153 Å². The molecular weight excluding hydrogens is 359 g/mol. The summed E-state index contributed by atoms with van der Waals surface area (Å²) in [5.41, 5.74) is 6.54. The number of thiazole rings is 1. The molecule has 1 aliphatic heterocycles. The van der Waals surface area contributed by atoms with E-state index in [1.807, 2.05) is 13.8 Å². The van der Waals surface area contributed by atoms with Gasteiger partial charge in [0.1, 0.15) is 11.5 Å². The maximum atomic E-state index is 14.5. The molecule has 0 bridgehead atoms. The van der Waals surface area contributed by atoms with Crippen molar-refractivity contribution in [2.45, 2.75) is 32.2 Å². The van der Waals surface area contributed by atoms with E-state index in [9.17, 15) is 9.18 Å². The van der Waals surface area contributed by atoms with E-state index in [0.29, 0.717) is 35.0 Å². The topological polar surface area (TPSA) is 80.4 Å². The highest BCUT2D eigenvalue weighted by atomic mass is 32.2. The summed E-state index contributed by atoms with van der Waals surface area (Å²) in [6.07, 6.45) is 1.34. The van der Waals surface area contributed by atoms with Crippen LogP contribution in [0.4, 0.5) is 10.1 Å². The molecule has 132 valence electrons. The number of aryl methyl sites for hydroxylation is 1. The molecule has 2 heterocycles. The lowest BCUT2D eigenvalue weighted by Gasteiger charge is -2.33. The SMILES string of the molecule is CC[C@@]1(c2cc(NC(=O)c3csc(C)n3)ccc2F)CCSC(N)=N1. The number of anilines is 1. The van der Waals surface area contributed by atoms with Crippen LogP contribution in [-0.4, -0.2) is 21.8 Å². The quantitative estimate of drug-likeness (QED) is 0.845. The summed E-state index contributed by atoms with van der Waals surface area (Å²) < 4.78 is 14.5. The van der Waals surface area contributed by atoms with Gasteiger partial charge in [0.25, 0.3) is 5.91 Å². The van der Waals surface area contributed by atoms with Crippen LogP contribution in [-0.2, 0) is 5.54 Å². The van der Waals surface area contributed by atoms with E-state index in [1.165, 1.54) is 29.2 Å². The number of hydrogen-bond donors (Lipinski definition) is 2. The number of amides is 1. The minimum Gasteiger partial charge on any atom is -0.379 e. The van der Waals surface area contributed by atoms with Crippen LogP contribution >= 0.6 is 23.1 Å². The fourth-order valence-corrected chi connectivity index (χ4v) is 4.37. The molecule has 3 N–H and O–H groups in total. The Bertz CT molecular complexity index is 836. The predicted molar refractivity (Wildman–Crippen MR) is 102 cm³/mol. The lowest BCUT2D eigenvalue weighted by atomic mass is 9.84. The number of rotatable bonds is 4. The summed E-state index contributed by atoms with van der Waals surface area (Å²) in [6.45, 7) is 3.81. The Morgan fingerprint density at radius 2 is 2.28 bits per heavy atom. The zero-order valence-corrected chi connectivity index (χ0v) is 15.6. The third-order valence-electron chi connectivity index (χ3n) is 4.25. The molecule has 1 atom stereocenters. The Hall–Kier alpha value is -1.93. The molecule has 0 radical (unpaired) electrons. The first-order chi connectivity index (χ1) is 11.9. The molecule has 8 heteroatoms. The Kier molecular flexibility index (Phi) is 5.10. The zero-order valence-electron chi connectivity index (χ0n) is 14.0. The lowest BCUT2D eigenvalue weighted by molar-refractivity contribution is 0.102. The summed E-state index contributed by atoms with van der Waals surface area (Å²) in [5.74, 6) is 0.139. The van der Waals surface area contributed by atoms with Gasteiger partial charge in [-0.2, -0.15) is 0 Å². The number of halogens is 1. The number of thioether (sulfide) groups is 1. The van der Waals surface area contributed by atoms with Crippen LogP contribution in [0.25, 0.3) is 0 Å². The first-order valence-electron chi connectivity index (χ1n) is 7.95. The summed E-state index contributed by atoms with van der Waals surface area (Å²) in [6, 6.07) is 4.56. The van der Waals surface area contributed by atoms with Crippen molar-refractivity contribution in [3.8, 4) is 0 Å². The summed E-state index contributed by atoms with van der Waals surface area (Å²) in [5, 5.41) is 5.78. The predicted octanol–water partition coefficient (Wildman–Crippen LogP) is 3.90. The number of nitrogens with two attached hydrogens (primary N) is 1. The second-order valence-electron chi connectivity index (χ2n) is 5.83. The first kappa shape index (κ1) is 17.9. The fourth-order valence-electron chi connectivity index (χ4n) is 2.89. The molecule has 1 aromatic carbocycles. The number of benzene rings is 1. The van der Waals surface area contributed by atoms with E-state index in [1.54, 1.807) is 17.5 Å². The van der Waals surface area contributed by atoms with Gasteiger partial charge in [-0.25, -0.2) is 9.37 Å². The number of nitrogens with one attached hydrogen (secondary N) is 1. The standard InChI is InChI=1S/C17H19FN4OS2/c1-3-17(6-7-24-16(19)22-17)12-8-11(4-5-13(12)18)21-15(23)14-9-25-10(2)20-14/h4-5,8-9H,3,6-7H2,1-2H3,(H2,19,22)(H,21,23)/t17-/m0/s1. The zero-order chi connectivity index (χ0) is 18.0. The number of amidine groups is 1. The third-order valence-corrected chi connectivity index (χ3v) is 5.82. The third kappa shape index (κ3) is 3.69. The molecule has 0 saturated heterocycles. The molecule has 0 saturated carbocycles. The van der Waals surface area contributed by atoms with Gasteiger partial charge in [0, 0.05) is 22.4 Å². The van der Waals surface area contributed by atoms with E-state index in [-0.39, 0.29) is 11.7 Å². The normalized spacial score (nSPS) is 20.2. The molecule has 1 amide bonds. The minimum atomic E-state index is -0.683. The van der Waals surface area contributed by atoms with Gasteiger partial charge in [0.15, 0.2) is 5.17 Å². The van der Waals surface area contributed by atoms with E-state index in [2.05, 4.69) is 15.3 Å². The summed E-state index contributed by atoms with van der Waals surface area (Å²) in [4.78, 5) is 21.0. The molecule has 5 nitrogen and oxygen atoms in total. The summed E-state index contributed by atoms with van der Waals surface area (Å²) >= 11 is 2.89. The van der Waals surface area contributed by atoms with Gasteiger partial charge in [-0.3, -0.25) is 9.79 Å². The van der Waals surface area contributed by atoms with Crippen LogP contribution in [0.3, 0.4) is 0 Å². The van der Waals surface area contributed by atoms with Gasteiger partial charge < -0.3 is 11.1 Å². The van der Waals surface area contributed by atoms with E-state index in [4.69, 9.17) is 5.73 Å². The molecule has 0 fully saturated rings. The second kappa shape index (κ2) is 7.13. The number of carbonyl (C=O) groups is 1. The smallest absolute Gasteiger partial charge is 0.275 e. The Morgan fingerprint density at radius 1 is 1.48 bits per heavy atom. The largest absolute Gasteiger partial charge is 0.379 e. The molecule has 2 aromatic rings. The molecule has 0 aliphatic carbocycles. The summed E-state index contributed by atoms with van der Waals surface area (Å²) in [7, 11) is 0. The monoisotopic (exact) mass is 378 g/mol. The maximum absolute atomic E-state index is 14.5. The number of aliphatic imine (C=N–C) groups is 1. The van der Waals surface area contributed by atoms with Crippen LogP contribution in [0.5, 0.6) is 0 Å². The molecule has 25 heavy (non-hydrogen) atoms. The number of aromatic nitrogens is 1. The van der Waals surface area contributed by atoms with Crippen LogP contribution in [0, 0.1) is 12.7 Å². The Morgan fingerprint density at radius 3 is 2.92 bits per heavy atom. The maximum Gasteiger partial charge on any atom is 0.275 e. The van der Waals surface area contributed by atoms with Gasteiger partial charge in [-0.1, -0.05) is 18.7 Å². The highest BCUT2D eigenvalue weighted by Crippen LogP contribution is 2.40. The van der Waals surface area contributed by atoms with E-state index < -0.39 is 5.54 Å². The van der Waals surface area contributed by atoms with Gasteiger partial charge in [-0.15, -0.1) is 11.3 Å². The van der Waals surface area contributed by atoms with Gasteiger partial charge in [-0.05, 0) is 38.0 Å². The highest BCUT2D eigenvalue weighted by molar-refractivity contribution is 8.13. The number of nitrogens with zero attached hydrogens (tertiary/aromatic N) is 2. The van der Waals surface area contributed by atoms with Crippen molar-refractivity contribution in [1.29, 1.82) is 0 Å². The average molecular weight is 378 g/mol. The van der Waals surface area contributed by atoms with Gasteiger partial charge in [0.2, 0.25) is 0 Å². The van der Waals surface area contributed by atoms with Crippen LogP contribution in [0.1, 0.15) is 40.8 Å². The molecule has 1 aliphatic rings. The van der Waals surface area contributed by atoms with Gasteiger partial charge in [0.05, 0.1) is 10.5 Å². The highest BCUT2D eigenvalue weighted by Gasteiger charge is 2.35. The Balaban J connectivity index is 1.93. The molecule has 1 aromatic heterocycles. The minimum absolute atomic E-state index is 0.310. The van der Waals surface area contributed by atoms with Crippen molar-refractivity contribution in [3.63, 3.8) is 0 Å². The van der Waals surface area contributed by atoms with Crippen molar-refractivity contribution in [2.24, 2.45) is 10.7 Å². The number of carbonyl (C=O) groups excluding carboxylic acids is 1. The molecular formula is C17H19FN4OS2. The van der Waals surface area contributed by atoms with Crippen molar-refractivity contribution >= 4 is 39.9 Å². The van der Waals surface area contributed by atoms with Crippen molar-refractivity contribution in [3.05, 3.63) is 45.7 Å². The molecule has 0 spiro atoms. The van der Waals surface area contributed by atoms with Crippen LogP contribution in [0.15, 0.2) is 28.6 Å². The van der Waals surface area contributed by atoms with E-state index >= 15 is 0 Å². The van der Waals surface area contributed by atoms with Gasteiger partial charge >= 0.3 is 0 Å². The molecule has 3 rings (SSSR count). The first-order valence-corrected chi connectivity index (χ1v) is 9.82. The average Bonchev–Trinajstić information content (AvgIpc) is 3.03. The van der Waals surface area contributed by atoms with Crippen molar-refractivity contribution in [2.75, 3.05) is 11.1 Å².